The first-order valence-electron chi connectivity index (χ1n) is 4.98. The van der Waals surface area contributed by atoms with Crippen molar-refractivity contribution in [3.8, 4) is 0 Å². The number of hydrogen-bond donors (Lipinski definition) is 2. The summed E-state index contributed by atoms with van der Waals surface area (Å²) in [6.07, 6.45) is 0.514. The summed E-state index contributed by atoms with van der Waals surface area (Å²) in [5, 5.41) is 5.96. The number of nitrogens with one attached hydrogen (secondary N) is 2. The summed E-state index contributed by atoms with van der Waals surface area (Å²) < 4.78 is 1.21. The van der Waals surface area contributed by atoms with Crippen LogP contribution in [-0.4, -0.2) is 19.0 Å². The molecule has 0 saturated heterocycles. The van der Waals surface area contributed by atoms with Crippen LogP contribution in [-0.2, 0) is 4.79 Å². The molecule has 0 spiro atoms. The molecular weight excluding hydrogens is 303 g/mol. The number of rotatable bonds is 5. The molecule has 3 nitrogen and oxygen atoms in total. The minimum Gasteiger partial charge on any atom is -0.385 e. The van der Waals surface area contributed by atoms with E-state index in [1.165, 1.54) is 3.57 Å². The maximum atomic E-state index is 11.1. The Morgan fingerprint density at radius 2 is 2.00 bits per heavy atom. The summed E-state index contributed by atoms with van der Waals surface area (Å²) in [4.78, 5) is 11.1. The molecule has 2 N–H and O–H groups in total. The first-order valence-corrected chi connectivity index (χ1v) is 6.06. The van der Waals surface area contributed by atoms with Crippen LogP contribution in [0, 0.1) is 3.57 Å². The molecule has 0 heterocycles. The lowest BCUT2D eigenvalue weighted by Crippen LogP contribution is -2.24. The van der Waals surface area contributed by atoms with Crippen LogP contribution in [0.3, 0.4) is 0 Å². The largest absolute Gasteiger partial charge is 0.385 e. The number of carbonyl (C=O) groups is 1. The van der Waals surface area contributed by atoms with E-state index in [9.17, 15) is 4.79 Å². The zero-order chi connectivity index (χ0) is 11.1. The number of amides is 1. The zero-order valence-electron chi connectivity index (χ0n) is 8.72. The molecule has 0 aliphatic carbocycles. The number of carbonyl (C=O) groups excluding carboxylic acids is 1. The van der Waals surface area contributed by atoms with E-state index in [2.05, 4.69) is 33.2 Å². The van der Waals surface area contributed by atoms with Crippen LogP contribution >= 0.6 is 22.6 Å². The Morgan fingerprint density at radius 1 is 1.33 bits per heavy atom. The smallest absolute Gasteiger partial charge is 0.221 e. The molecule has 0 fully saturated rings. The number of benzene rings is 1. The standard InChI is InChI=1S/C11H15IN2O/c1-2-13-11(15)7-8-14-10-5-3-9(12)4-6-10/h3-6,14H,2,7-8H2,1H3,(H,13,15). The zero-order valence-corrected chi connectivity index (χ0v) is 10.9. The molecule has 0 saturated carbocycles. The van der Waals surface area contributed by atoms with E-state index in [1.54, 1.807) is 0 Å². The second kappa shape index (κ2) is 6.66. The van der Waals surface area contributed by atoms with Crippen molar-refractivity contribution in [3.05, 3.63) is 27.8 Å². The highest BCUT2D eigenvalue weighted by atomic mass is 127. The highest BCUT2D eigenvalue weighted by molar-refractivity contribution is 14.1. The summed E-state index contributed by atoms with van der Waals surface area (Å²) in [6.45, 7) is 3.29. The lowest BCUT2D eigenvalue weighted by Gasteiger charge is -2.06. The lowest BCUT2D eigenvalue weighted by atomic mass is 10.3. The first kappa shape index (κ1) is 12.3. The van der Waals surface area contributed by atoms with Crippen LogP contribution in [0.1, 0.15) is 13.3 Å². The van der Waals surface area contributed by atoms with Gasteiger partial charge in [-0.1, -0.05) is 0 Å². The van der Waals surface area contributed by atoms with Gasteiger partial charge in [0.2, 0.25) is 5.91 Å². The highest BCUT2D eigenvalue weighted by Gasteiger charge is 1.98. The van der Waals surface area contributed by atoms with E-state index in [4.69, 9.17) is 0 Å². The Labute approximate surface area is 104 Å². The van der Waals surface area contributed by atoms with E-state index in [0.717, 1.165) is 5.69 Å². The summed E-state index contributed by atoms with van der Waals surface area (Å²) in [5.41, 5.74) is 1.06. The molecule has 0 radical (unpaired) electrons. The van der Waals surface area contributed by atoms with E-state index >= 15 is 0 Å². The molecule has 1 amide bonds. The van der Waals surface area contributed by atoms with Crippen molar-refractivity contribution < 1.29 is 4.79 Å². The van der Waals surface area contributed by atoms with Crippen LogP contribution in [0.25, 0.3) is 0 Å². The van der Waals surface area contributed by atoms with Gasteiger partial charge in [-0.3, -0.25) is 4.79 Å². The fourth-order valence-electron chi connectivity index (χ4n) is 1.17. The molecule has 4 heteroatoms. The fourth-order valence-corrected chi connectivity index (χ4v) is 1.53. The first-order chi connectivity index (χ1) is 7.22. The Hall–Kier alpha value is -0.780. The van der Waals surface area contributed by atoms with Gasteiger partial charge < -0.3 is 10.6 Å². The van der Waals surface area contributed by atoms with Crippen LogP contribution in [0.2, 0.25) is 0 Å². The third-order valence-electron chi connectivity index (χ3n) is 1.90. The van der Waals surface area contributed by atoms with E-state index in [-0.39, 0.29) is 5.91 Å². The Kier molecular flexibility index (Phi) is 5.45. The van der Waals surface area contributed by atoms with Crippen LogP contribution in [0.5, 0.6) is 0 Å². The van der Waals surface area contributed by atoms with Gasteiger partial charge in [0.15, 0.2) is 0 Å². The van der Waals surface area contributed by atoms with Crippen molar-refractivity contribution >= 4 is 34.2 Å². The summed E-state index contributed by atoms with van der Waals surface area (Å²) in [6, 6.07) is 8.10. The number of halogens is 1. The average Bonchev–Trinajstić information content (AvgIpc) is 2.21. The molecular formula is C11H15IN2O. The molecule has 0 aliphatic heterocycles. The summed E-state index contributed by atoms with van der Waals surface area (Å²) in [7, 11) is 0. The predicted molar refractivity (Wildman–Crippen MR) is 70.9 cm³/mol. The SMILES string of the molecule is CCNC(=O)CCNc1ccc(I)cc1. The third kappa shape index (κ3) is 5.01. The van der Waals surface area contributed by atoms with Crippen molar-refractivity contribution in [2.75, 3.05) is 18.4 Å². The van der Waals surface area contributed by atoms with E-state index in [0.29, 0.717) is 19.5 Å². The van der Waals surface area contributed by atoms with Gasteiger partial charge in [-0.15, -0.1) is 0 Å². The monoisotopic (exact) mass is 318 g/mol. The molecule has 0 aromatic heterocycles. The van der Waals surface area contributed by atoms with Gasteiger partial charge in [-0.05, 0) is 53.8 Å². The van der Waals surface area contributed by atoms with Crippen LogP contribution in [0.4, 0.5) is 5.69 Å². The fraction of sp³-hybridized carbons (Fsp3) is 0.364. The Bertz CT molecular complexity index is 311. The van der Waals surface area contributed by atoms with Crippen molar-refractivity contribution in [2.24, 2.45) is 0 Å². The highest BCUT2D eigenvalue weighted by Crippen LogP contribution is 2.10. The van der Waals surface area contributed by atoms with Gasteiger partial charge in [0.25, 0.3) is 0 Å². The van der Waals surface area contributed by atoms with Gasteiger partial charge in [0, 0.05) is 28.8 Å². The Balaban J connectivity index is 2.26. The molecule has 15 heavy (non-hydrogen) atoms. The van der Waals surface area contributed by atoms with Crippen molar-refractivity contribution in [1.29, 1.82) is 0 Å². The lowest BCUT2D eigenvalue weighted by molar-refractivity contribution is -0.120. The maximum Gasteiger partial charge on any atom is 0.221 e. The number of hydrogen-bond acceptors (Lipinski definition) is 2. The van der Waals surface area contributed by atoms with E-state index < -0.39 is 0 Å². The summed E-state index contributed by atoms with van der Waals surface area (Å²) >= 11 is 2.26. The van der Waals surface area contributed by atoms with Gasteiger partial charge in [0.1, 0.15) is 0 Å². The second-order valence-electron chi connectivity index (χ2n) is 3.14. The van der Waals surface area contributed by atoms with Gasteiger partial charge in [-0.2, -0.15) is 0 Å². The van der Waals surface area contributed by atoms with Crippen molar-refractivity contribution in [1.82, 2.24) is 5.32 Å². The second-order valence-corrected chi connectivity index (χ2v) is 4.38. The average molecular weight is 318 g/mol. The van der Waals surface area contributed by atoms with Crippen LogP contribution in [0.15, 0.2) is 24.3 Å². The molecule has 0 atom stereocenters. The molecule has 82 valence electrons. The minimum absolute atomic E-state index is 0.0931. The molecule has 0 bridgehead atoms. The molecule has 0 aliphatic rings. The van der Waals surface area contributed by atoms with E-state index in [1.807, 2.05) is 31.2 Å². The third-order valence-corrected chi connectivity index (χ3v) is 2.62. The molecule has 1 aromatic rings. The van der Waals surface area contributed by atoms with Crippen LogP contribution < -0.4 is 10.6 Å². The topological polar surface area (TPSA) is 41.1 Å². The van der Waals surface area contributed by atoms with Gasteiger partial charge >= 0.3 is 0 Å². The Morgan fingerprint density at radius 3 is 2.60 bits per heavy atom. The van der Waals surface area contributed by atoms with Gasteiger partial charge in [0.05, 0.1) is 0 Å². The quantitative estimate of drug-likeness (QED) is 0.818. The molecule has 0 unspecified atom stereocenters. The minimum atomic E-state index is 0.0931. The summed E-state index contributed by atoms with van der Waals surface area (Å²) in [5.74, 6) is 0.0931. The maximum absolute atomic E-state index is 11.1. The van der Waals surface area contributed by atoms with Crippen molar-refractivity contribution in [3.63, 3.8) is 0 Å². The predicted octanol–water partition coefficient (Wildman–Crippen LogP) is 2.23. The molecule has 1 aromatic carbocycles. The molecule has 1 rings (SSSR count). The number of anilines is 1. The normalized spacial score (nSPS) is 9.73. The van der Waals surface area contributed by atoms with Gasteiger partial charge in [-0.25, -0.2) is 0 Å². The van der Waals surface area contributed by atoms with Crippen molar-refractivity contribution in [2.45, 2.75) is 13.3 Å².